The van der Waals surface area contributed by atoms with Gasteiger partial charge in [0.15, 0.2) is 0 Å². The van der Waals surface area contributed by atoms with Gasteiger partial charge in [0.05, 0.1) is 6.54 Å². The summed E-state index contributed by atoms with van der Waals surface area (Å²) in [6.45, 7) is 10.6. The van der Waals surface area contributed by atoms with Crippen LogP contribution in [0.3, 0.4) is 0 Å². The van der Waals surface area contributed by atoms with Gasteiger partial charge in [-0.2, -0.15) is 0 Å². The summed E-state index contributed by atoms with van der Waals surface area (Å²) in [6.07, 6.45) is 0. The quantitative estimate of drug-likeness (QED) is 0.704. The number of rotatable bonds is 8. The van der Waals surface area contributed by atoms with Crippen molar-refractivity contribution in [3.8, 4) is 0 Å². The van der Waals surface area contributed by atoms with Gasteiger partial charge in [0, 0.05) is 18.8 Å². The van der Waals surface area contributed by atoms with E-state index in [1.807, 2.05) is 31.2 Å². The second kappa shape index (κ2) is 8.67. The van der Waals surface area contributed by atoms with Crippen LogP contribution in [0.4, 0.5) is 5.69 Å². The van der Waals surface area contributed by atoms with Gasteiger partial charge in [-0.1, -0.05) is 31.5 Å². The summed E-state index contributed by atoms with van der Waals surface area (Å²) in [5.74, 6) is 0.00315. The second-order valence-corrected chi connectivity index (χ2v) is 4.62. The first-order chi connectivity index (χ1) is 9.15. The third-order valence-corrected chi connectivity index (χ3v) is 3.12. The fourth-order valence-electron chi connectivity index (χ4n) is 1.82. The van der Waals surface area contributed by atoms with E-state index in [1.165, 1.54) is 5.56 Å². The van der Waals surface area contributed by atoms with Gasteiger partial charge >= 0.3 is 0 Å². The number of likely N-dealkylation sites (N-methyl/N-ethyl adjacent to an activating group) is 1. The molecule has 2 N–H and O–H groups in total. The molecule has 0 aliphatic heterocycles. The van der Waals surface area contributed by atoms with Crippen LogP contribution in [0.2, 0.25) is 0 Å². The van der Waals surface area contributed by atoms with Gasteiger partial charge < -0.3 is 15.5 Å². The van der Waals surface area contributed by atoms with E-state index in [2.05, 4.69) is 29.4 Å². The predicted octanol–water partition coefficient (Wildman–Crippen LogP) is 1.86. The molecular formula is C15H25N3O. The highest BCUT2D eigenvalue weighted by Gasteiger charge is 2.02. The average molecular weight is 263 g/mol. The summed E-state index contributed by atoms with van der Waals surface area (Å²) in [7, 11) is 0. The summed E-state index contributed by atoms with van der Waals surface area (Å²) >= 11 is 0. The molecule has 106 valence electrons. The largest absolute Gasteiger partial charge is 0.325 e. The lowest BCUT2D eigenvalue weighted by atomic mass is 10.2. The summed E-state index contributed by atoms with van der Waals surface area (Å²) in [5.41, 5.74) is 2.04. The Kier molecular flexibility index (Phi) is 7.15. The highest BCUT2D eigenvalue weighted by atomic mass is 16.1. The number of nitrogens with zero attached hydrogens (tertiary/aromatic N) is 1. The molecule has 0 radical (unpaired) electrons. The van der Waals surface area contributed by atoms with Crippen LogP contribution < -0.4 is 10.6 Å². The third-order valence-electron chi connectivity index (χ3n) is 3.12. The van der Waals surface area contributed by atoms with Crippen LogP contribution in [0.1, 0.15) is 19.4 Å². The molecule has 19 heavy (non-hydrogen) atoms. The minimum absolute atomic E-state index is 0.00315. The van der Waals surface area contributed by atoms with E-state index >= 15 is 0 Å². The van der Waals surface area contributed by atoms with Crippen molar-refractivity contribution < 1.29 is 4.79 Å². The molecule has 0 bridgehead atoms. The number of hydrogen-bond donors (Lipinski definition) is 2. The second-order valence-electron chi connectivity index (χ2n) is 4.62. The highest BCUT2D eigenvalue weighted by Crippen LogP contribution is 2.07. The zero-order chi connectivity index (χ0) is 14.1. The molecule has 0 unspecified atom stereocenters. The van der Waals surface area contributed by atoms with Crippen LogP contribution in [0, 0.1) is 6.92 Å². The van der Waals surface area contributed by atoms with Crippen molar-refractivity contribution in [3.63, 3.8) is 0 Å². The minimum Gasteiger partial charge on any atom is -0.325 e. The summed E-state index contributed by atoms with van der Waals surface area (Å²) < 4.78 is 0. The Balaban J connectivity index is 2.19. The lowest BCUT2D eigenvalue weighted by Gasteiger charge is -2.17. The Morgan fingerprint density at radius 2 is 1.79 bits per heavy atom. The number of carbonyl (C=O) groups is 1. The van der Waals surface area contributed by atoms with Crippen LogP contribution in [0.25, 0.3) is 0 Å². The lowest BCUT2D eigenvalue weighted by Crippen LogP contribution is -2.35. The van der Waals surface area contributed by atoms with Gasteiger partial charge in [-0.25, -0.2) is 0 Å². The molecule has 0 saturated heterocycles. The van der Waals surface area contributed by atoms with E-state index in [9.17, 15) is 4.79 Å². The number of hydrogen-bond acceptors (Lipinski definition) is 3. The molecule has 4 nitrogen and oxygen atoms in total. The Hall–Kier alpha value is -1.39. The number of benzene rings is 1. The van der Waals surface area contributed by atoms with Crippen molar-refractivity contribution >= 4 is 11.6 Å². The number of aryl methyl sites for hydroxylation is 1. The molecule has 0 aliphatic carbocycles. The molecule has 0 atom stereocenters. The summed E-state index contributed by atoms with van der Waals surface area (Å²) in [4.78, 5) is 14.0. The van der Waals surface area contributed by atoms with Crippen molar-refractivity contribution in [1.82, 2.24) is 10.2 Å². The van der Waals surface area contributed by atoms with Crippen LogP contribution in [0.5, 0.6) is 0 Å². The zero-order valence-corrected chi connectivity index (χ0v) is 12.2. The highest BCUT2D eigenvalue weighted by molar-refractivity contribution is 5.92. The van der Waals surface area contributed by atoms with Crippen molar-refractivity contribution in [3.05, 3.63) is 29.8 Å². The lowest BCUT2D eigenvalue weighted by molar-refractivity contribution is -0.115. The molecular weight excluding hydrogens is 238 g/mol. The Bertz CT molecular complexity index is 371. The Morgan fingerprint density at radius 3 is 2.37 bits per heavy atom. The normalized spacial score (nSPS) is 10.7. The Labute approximate surface area is 116 Å². The van der Waals surface area contributed by atoms with Gasteiger partial charge in [-0.15, -0.1) is 0 Å². The number of anilines is 1. The smallest absolute Gasteiger partial charge is 0.238 e. The topological polar surface area (TPSA) is 44.4 Å². The van der Waals surface area contributed by atoms with E-state index in [0.717, 1.165) is 31.9 Å². The monoisotopic (exact) mass is 263 g/mol. The maximum absolute atomic E-state index is 11.7. The minimum atomic E-state index is 0.00315. The van der Waals surface area contributed by atoms with Crippen molar-refractivity contribution in [2.75, 3.05) is 38.0 Å². The Morgan fingerprint density at radius 1 is 1.16 bits per heavy atom. The molecule has 0 aromatic heterocycles. The van der Waals surface area contributed by atoms with Crippen LogP contribution in [-0.4, -0.2) is 43.5 Å². The predicted molar refractivity (Wildman–Crippen MR) is 80.5 cm³/mol. The fraction of sp³-hybridized carbons (Fsp3) is 0.533. The molecule has 1 aromatic rings. The fourth-order valence-corrected chi connectivity index (χ4v) is 1.82. The van der Waals surface area contributed by atoms with Gasteiger partial charge in [0.2, 0.25) is 5.91 Å². The van der Waals surface area contributed by atoms with E-state index < -0.39 is 0 Å². The van der Waals surface area contributed by atoms with E-state index in [4.69, 9.17) is 0 Å². The zero-order valence-electron chi connectivity index (χ0n) is 12.2. The molecule has 0 fully saturated rings. The third kappa shape index (κ3) is 6.36. The first-order valence-electron chi connectivity index (χ1n) is 6.95. The van der Waals surface area contributed by atoms with Crippen LogP contribution >= 0.6 is 0 Å². The summed E-state index contributed by atoms with van der Waals surface area (Å²) in [5, 5.41) is 6.03. The average Bonchev–Trinajstić information content (AvgIpc) is 2.42. The van der Waals surface area contributed by atoms with Gasteiger partial charge in [-0.3, -0.25) is 4.79 Å². The molecule has 1 rings (SSSR count). The van der Waals surface area contributed by atoms with Crippen LogP contribution in [-0.2, 0) is 4.79 Å². The molecule has 0 aliphatic rings. The van der Waals surface area contributed by atoms with Gasteiger partial charge in [0.25, 0.3) is 0 Å². The van der Waals surface area contributed by atoms with E-state index in [0.29, 0.717) is 6.54 Å². The molecule has 1 aromatic carbocycles. The molecule has 1 amide bonds. The molecule has 0 saturated carbocycles. The standard InChI is InChI=1S/C15H25N3O/c1-4-18(5-2)11-10-16-12-15(19)17-14-8-6-13(3)7-9-14/h6-9,16H,4-5,10-12H2,1-3H3,(H,17,19). The molecule has 0 spiro atoms. The van der Waals surface area contributed by atoms with E-state index in [-0.39, 0.29) is 5.91 Å². The maximum atomic E-state index is 11.7. The molecule has 4 heteroatoms. The van der Waals surface area contributed by atoms with Crippen molar-refractivity contribution in [2.45, 2.75) is 20.8 Å². The van der Waals surface area contributed by atoms with Crippen molar-refractivity contribution in [1.29, 1.82) is 0 Å². The van der Waals surface area contributed by atoms with Crippen molar-refractivity contribution in [2.24, 2.45) is 0 Å². The van der Waals surface area contributed by atoms with Gasteiger partial charge in [0.1, 0.15) is 0 Å². The number of carbonyl (C=O) groups excluding carboxylic acids is 1. The molecule has 0 heterocycles. The number of nitrogens with one attached hydrogen (secondary N) is 2. The first-order valence-corrected chi connectivity index (χ1v) is 6.95. The van der Waals surface area contributed by atoms with Crippen LogP contribution in [0.15, 0.2) is 24.3 Å². The number of amides is 1. The van der Waals surface area contributed by atoms with Gasteiger partial charge in [-0.05, 0) is 32.1 Å². The SMILES string of the molecule is CCN(CC)CCNCC(=O)Nc1ccc(C)cc1. The summed E-state index contributed by atoms with van der Waals surface area (Å²) in [6, 6.07) is 7.82. The van der Waals surface area contributed by atoms with E-state index in [1.54, 1.807) is 0 Å². The maximum Gasteiger partial charge on any atom is 0.238 e. The first kappa shape index (κ1) is 15.7.